The van der Waals surface area contributed by atoms with Crippen LogP contribution in [0.15, 0.2) is 18.2 Å². The minimum Gasteiger partial charge on any atom is -0.334 e. The van der Waals surface area contributed by atoms with Crippen molar-refractivity contribution >= 4 is 40.9 Å². The van der Waals surface area contributed by atoms with Crippen LogP contribution in [0.3, 0.4) is 0 Å². The van der Waals surface area contributed by atoms with Gasteiger partial charge in [-0.25, -0.2) is 4.39 Å². The van der Waals surface area contributed by atoms with E-state index >= 15 is 0 Å². The number of hydrogen-bond acceptors (Lipinski definition) is 2. The number of likely N-dealkylation sites (tertiary alicyclic amines) is 1. The molecule has 1 aliphatic rings. The number of benzene rings is 1. The molecule has 0 radical (unpaired) electrons. The Morgan fingerprint density at radius 1 is 1.55 bits per heavy atom. The molecule has 1 amide bonds. The number of nitrogens with two attached hydrogens (primary N) is 1. The zero-order valence-electron chi connectivity index (χ0n) is 11.3. The van der Waals surface area contributed by atoms with Gasteiger partial charge in [0.2, 0.25) is 0 Å². The Balaban J connectivity index is 0.00000200. The molecule has 0 aromatic heterocycles. The lowest BCUT2D eigenvalue weighted by molar-refractivity contribution is 0.0573. The SMILES string of the molecule is CC1CCN(C(=O)c2ccc(I)c(F)c2)C(CN)C1.Cl. The van der Waals surface area contributed by atoms with E-state index in [9.17, 15) is 9.18 Å². The number of rotatable bonds is 2. The van der Waals surface area contributed by atoms with Gasteiger partial charge >= 0.3 is 0 Å². The van der Waals surface area contributed by atoms with E-state index < -0.39 is 0 Å². The third kappa shape index (κ3) is 3.83. The average Bonchev–Trinajstić information content (AvgIpc) is 2.41. The molecular weight excluding hydrogens is 394 g/mol. The van der Waals surface area contributed by atoms with Gasteiger partial charge in [-0.3, -0.25) is 4.79 Å². The Hall–Kier alpha value is -0.400. The predicted octanol–water partition coefficient (Wildman–Crippen LogP) is 3.05. The molecular formula is C14H19ClFIN2O. The van der Waals surface area contributed by atoms with Crippen LogP contribution in [0, 0.1) is 15.3 Å². The van der Waals surface area contributed by atoms with E-state index in [1.165, 1.54) is 6.07 Å². The Bertz CT molecular complexity index is 486. The van der Waals surface area contributed by atoms with Crippen LogP contribution in [-0.4, -0.2) is 29.9 Å². The molecule has 6 heteroatoms. The van der Waals surface area contributed by atoms with E-state index in [1.807, 2.05) is 22.6 Å². The number of amides is 1. The van der Waals surface area contributed by atoms with Gasteiger partial charge in [0.1, 0.15) is 5.82 Å². The molecule has 2 atom stereocenters. The Morgan fingerprint density at radius 3 is 2.85 bits per heavy atom. The summed E-state index contributed by atoms with van der Waals surface area (Å²) >= 11 is 1.91. The maximum Gasteiger partial charge on any atom is 0.254 e. The van der Waals surface area contributed by atoms with Gasteiger partial charge in [-0.2, -0.15) is 0 Å². The van der Waals surface area contributed by atoms with E-state index in [4.69, 9.17) is 5.73 Å². The Kier molecular flexibility index (Phi) is 6.68. The van der Waals surface area contributed by atoms with E-state index in [0.717, 1.165) is 12.8 Å². The maximum absolute atomic E-state index is 13.5. The fourth-order valence-corrected chi connectivity index (χ4v) is 2.87. The van der Waals surface area contributed by atoms with Gasteiger partial charge < -0.3 is 10.6 Å². The molecule has 0 spiro atoms. The van der Waals surface area contributed by atoms with Crippen molar-refractivity contribution in [3.05, 3.63) is 33.1 Å². The number of piperidine rings is 1. The third-order valence-electron chi connectivity index (χ3n) is 3.68. The summed E-state index contributed by atoms with van der Waals surface area (Å²) in [6.07, 6.45) is 1.91. The summed E-state index contributed by atoms with van der Waals surface area (Å²) in [5.74, 6) is 0.129. The van der Waals surface area contributed by atoms with Crippen molar-refractivity contribution < 1.29 is 9.18 Å². The molecule has 20 heavy (non-hydrogen) atoms. The summed E-state index contributed by atoms with van der Waals surface area (Å²) in [7, 11) is 0. The smallest absolute Gasteiger partial charge is 0.254 e. The maximum atomic E-state index is 13.5. The topological polar surface area (TPSA) is 46.3 Å². The predicted molar refractivity (Wildman–Crippen MR) is 88.6 cm³/mol. The van der Waals surface area contributed by atoms with Crippen LogP contribution < -0.4 is 5.73 Å². The number of carbonyl (C=O) groups is 1. The zero-order chi connectivity index (χ0) is 14.0. The fourth-order valence-electron chi connectivity index (χ4n) is 2.54. The fraction of sp³-hybridized carbons (Fsp3) is 0.500. The molecule has 1 aromatic rings. The van der Waals surface area contributed by atoms with E-state index in [1.54, 1.807) is 17.0 Å². The average molecular weight is 413 g/mol. The summed E-state index contributed by atoms with van der Waals surface area (Å²) in [4.78, 5) is 14.2. The molecule has 2 unspecified atom stereocenters. The van der Waals surface area contributed by atoms with Crippen molar-refractivity contribution in [3.63, 3.8) is 0 Å². The first-order chi connectivity index (χ1) is 9.02. The van der Waals surface area contributed by atoms with Crippen molar-refractivity contribution in [1.29, 1.82) is 0 Å². The van der Waals surface area contributed by atoms with Gasteiger partial charge in [-0.15, -0.1) is 12.4 Å². The summed E-state index contributed by atoms with van der Waals surface area (Å²) in [6, 6.07) is 4.69. The van der Waals surface area contributed by atoms with Crippen LogP contribution in [-0.2, 0) is 0 Å². The molecule has 2 rings (SSSR count). The lowest BCUT2D eigenvalue weighted by Gasteiger charge is -2.38. The van der Waals surface area contributed by atoms with Crippen LogP contribution in [0.25, 0.3) is 0 Å². The highest BCUT2D eigenvalue weighted by atomic mass is 127. The summed E-state index contributed by atoms with van der Waals surface area (Å²) in [6.45, 7) is 3.34. The minimum absolute atomic E-state index is 0. The molecule has 0 saturated carbocycles. The Morgan fingerprint density at radius 2 is 2.25 bits per heavy atom. The molecule has 1 aromatic carbocycles. The molecule has 0 bridgehead atoms. The standard InChI is InChI=1S/C14H18FIN2O.ClH/c1-9-4-5-18(11(6-9)8-17)14(19)10-2-3-13(16)12(15)7-10;/h2-3,7,9,11H,4-6,8,17H2,1H3;1H. The van der Waals surface area contributed by atoms with Crippen molar-refractivity contribution in [2.45, 2.75) is 25.8 Å². The monoisotopic (exact) mass is 412 g/mol. The molecule has 0 aliphatic carbocycles. The second-order valence-corrected chi connectivity index (χ2v) is 6.31. The van der Waals surface area contributed by atoms with Gasteiger partial charge in [-0.05, 0) is 59.5 Å². The van der Waals surface area contributed by atoms with Gasteiger partial charge in [-0.1, -0.05) is 6.92 Å². The van der Waals surface area contributed by atoms with Crippen LogP contribution in [0.5, 0.6) is 0 Å². The normalized spacial score (nSPS) is 22.3. The quantitative estimate of drug-likeness (QED) is 0.759. The second kappa shape index (κ2) is 7.56. The van der Waals surface area contributed by atoms with E-state index in [2.05, 4.69) is 6.92 Å². The minimum atomic E-state index is -0.346. The molecule has 1 saturated heterocycles. The van der Waals surface area contributed by atoms with Crippen LogP contribution >= 0.6 is 35.0 Å². The summed E-state index contributed by atoms with van der Waals surface area (Å²) in [5, 5.41) is 0. The zero-order valence-corrected chi connectivity index (χ0v) is 14.3. The molecule has 112 valence electrons. The number of nitrogens with zero attached hydrogens (tertiary/aromatic N) is 1. The van der Waals surface area contributed by atoms with Crippen molar-refractivity contribution in [2.75, 3.05) is 13.1 Å². The molecule has 1 aliphatic heterocycles. The lowest BCUT2D eigenvalue weighted by Crippen LogP contribution is -2.49. The molecule has 3 nitrogen and oxygen atoms in total. The second-order valence-electron chi connectivity index (χ2n) is 5.15. The van der Waals surface area contributed by atoms with Crippen molar-refractivity contribution in [1.82, 2.24) is 4.90 Å². The number of halogens is 3. The van der Waals surface area contributed by atoms with Gasteiger partial charge in [0.15, 0.2) is 0 Å². The number of hydrogen-bond donors (Lipinski definition) is 1. The van der Waals surface area contributed by atoms with Crippen LogP contribution in [0.1, 0.15) is 30.1 Å². The van der Waals surface area contributed by atoms with E-state index in [0.29, 0.717) is 28.1 Å². The van der Waals surface area contributed by atoms with Crippen LogP contribution in [0.2, 0.25) is 0 Å². The summed E-state index contributed by atoms with van der Waals surface area (Å²) in [5.41, 5.74) is 6.16. The lowest BCUT2D eigenvalue weighted by atomic mass is 9.92. The van der Waals surface area contributed by atoms with Crippen molar-refractivity contribution in [2.24, 2.45) is 11.7 Å². The van der Waals surface area contributed by atoms with Gasteiger partial charge in [0.25, 0.3) is 5.91 Å². The molecule has 1 heterocycles. The first-order valence-corrected chi connectivity index (χ1v) is 7.57. The highest BCUT2D eigenvalue weighted by Gasteiger charge is 2.29. The third-order valence-corrected chi connectivity index (χ3v) is 4.55. The molecule has 1 fully saturated rings. The van der Waals surface area contributed by atoms with Crippen LogP contribution in [0.4, 0.5) is 4.39 Å². The van der Waals surface area contributed by atoms with Gasteiger partial charge in [0, 0.05) is 28.3 Å². The first kappa shape index (κ1) is 17.7. The molecule has 2 N–H and O–H groups in total. The Labute approximate surface area is 138 Å². The first-order valence-electron chi connectivity index (χ1n) is 6.49. The summed E-state index contributed by atoms with van der Waals surface area (Å²) < 4.78 is 14.1. The van der Waals surface area contributed by atoms with Gasteiger partial charge in [0.05, 0.1) is 0 Å². The largest absolute Gasteiger partial charge is 0.334 e. The van der Waals surface area contributed by atoms with Crippen molar-refractivity contribution in [3.8, 4) is 0 Å². The highest BCUT2D eigenvalue weighted by Crippen LogP contribution is 2.24. The number of carbonyl (C=O) groups excluding carboxylic acids is 1. The highest BCUT2D eigenvalue weighted by molar-refractivity contribution is 14.1. The van der Waals surface area contributed by atoms with E-state index in [-0.39, 0.29) is 30.2 Å².